The highest BCUT2D eigenvalue weighted by Gasteiger charge is 2.38. The summed E-state index contributed by atoms with van der Waals surface area (Å²) in [5, 5.41) is 10.2. The summed E-state index contributed by atoms with van der Waals surface area (Å²) >= 11 is 1.45. The number of aliphatic hydroxyl groups is 1. The average Bonchev–Trinajstić information content (AvgIpc) is 2.60. The molecule has 24 heavy (non-hydrogen) atoms. The lowest BCUT2D eigenvalue weighted by Gasteiger charge is -2.36. The topological polar surface area (TPSA) is 43.8 Å². The number of hydrogen-bond donors (Lipinski definition) is 1. The van der Waals surface area contributed by atoms with Gasteiger partial charge < -0.3 is 14.9 Å². The number of carbonyl (C=O) groups is 1. The Bertz CT molecular complexity index is 706. The first-order valence-electron chi connectivity index (χ1n) is 8.02. The summed E-state index contributed by atoms with van der Waals surface area (Å²) in [7, 11) is 3.98. The Hall–Kier alpha value is -1.82. The molecule has 2 aromatic carbocycles. The van der Waals surface area contributed by atoms with Crippen LogP contribution in [0.25, 0.3) is 0 Å². The number of anilines is 1. The van der Waals surface area contributed by atoms with E-state index in [4.69, 9.17) is 0 Å². The molecule has 1 amide bonds. The van der Waals surface area contributed by atoms with Crippen molar-refractivity contribution in [2.45, 2.75) is 16.2 Å². The molecule has 0 fully saturated rings. The molecule has 4 nitrogen and oxygen atoms in total. The van der Waals surface area contributed by atoms with E-state index in [-0.39, 0.29) is 5.91 Å². The molecule has 1 aliphatic rings. The molecule has 0 saturated carbocycles. The zero-order chi connectivity index (χ0) is 17.1. The second kappa shape index (κ2) is 7.38. The van der Waals surface area contributed by atoms with Gasteiger partial charge in [-0.05, 0) is 31.8 Å². The first-order valence-corrected chi connectivity index (χ1v) is 8.90. The van der Waals surface area contributed by atoms with Gasteiger partial charge >= 0.3 is 0 Å². The number of thioether (sulfide) groups is 1. The van der Waals surface area contributed by atoms with Crippen LogP contribution in [0.4, 0.5) is 5.69 Å². The molecule has 2 aromatic rings. The third-order valence-corrected chi connectivity index (χ3v) is 5.43. The van der Waals surface area contributed by atoms with Crippen LogP contribution in [0.15, 0.2) is 59.5 Å². The van der Waals surface area contributed by atoms with Crippen molar-refractivity contribution in [3.8, 4) is 0 Å². The molecule has 0 saturated heterocycles. The second-order valence-electron chi connectivity index (χ2n) is 6.15. The second-order valence-corrected chi connectivity index (χ2v) is 7.34. The van der Waals surface area contributed by atoms with Crippen molar-refractivity contribution < 1.29 is 9.90 Å². The summed E-state index contributed by atoms with van der Waals surface area (Å²) in [4.78, 5) is 17.9. The lowest BCUT2D eigenvalue weighted by atomic mass is 10.0. The van der Waals surface area contributed by atoms with E-state index in [2.05, 4.69) is 4.90 Å². The molecule has 1 N–H and O–H groups in total. The zero-order valence-electron chi connectivity index (χ0n) is 13.9. The smallest absolute Gasteiger partial charge is 0.243 e. The summed E-state index contributed by atoms with van der Waals surface area (Å²) in [6, 6.07) is 17.3. The summed E-state index contributed by atoms with van der Waals surface area (Å²) in [5.74, 6) is -0.0306. The summed E-state index contributed by atoms with van der Waals surface area (Å²) in [5.41, 5.74) is 1.71. The Morgan fingerprint density at radius 3 is 2.50 bits per heavy atom. The zero-order valence-corrected chi connectivity index (χ0v) is 14.7. The maximum Gasteiger partial charge on any atom is 0.243 e. The predicted octanol–water partition coefficient (Wildman–Crippen LogP) is 2.79. The fraction of sp³-hybridized carbons (Fsp3) is 0.316. The van der Waals surface area contributed by atoms with Gasteiger partial charge in [-0.15, -0.1) is 11.8 Å². The van der Waals surface area contributed by atoms with E-state index < -0.39 is 11.4 Å². The summed E-state index contributed by atoms with van der Waals surface area (Å²) in [6.45, 7) is 1.39. The minimum absolute atomic E-state index is 0.0306. The normalized spacial score (nSPS) is 18.6. The van der Waals surface area contributed by atoms with Gasteiger partial charge in [0.1, 0.15) is 11.4 Å². The van der Waals surface area contributed by atoms with Gasteiger partial charge in [0.2, 0.25) is 5.91 Å². The summed E-state index contributed by atoms with van der Waals surface area (Å²) < 4.78 is 0. The lowest BCUT2D eigenvalue weighted by Crippen LogP contribution is -2.46. The third-order valence-electron chi connectivity index (χ3n) is 4.12. The van der Waals surface area contributed by atoms with E-state index in [1.54, 1.807) is 0 Å². The molecule has 0 aliphatic carbocycles. The first kappa shape index (κ1) is 17.0. The molecule has 1 heterocycles. The van der Waals surface area contributed by atoms with Crippen LogP contribution < -0.4 is 4.90 Å². The maximum absolute atomic E-state index is 13.0. The number of nitrogens with zero attached hydrogens (tertiary/aromatic N) is 2. The molecular weight excluding hydrogens is 320 g/mol. The SMILES string of the molecule is CN(C)CCN1C(=O)C(C(O)c2ccccc2)Sc2ccccc21. The molecule has 2 unspecified atom stereocenters. The number of amides is 1. The number of carbonyl (C=O) groups excluding carboxylic acids is 1. The highest BCUT2D eigenvalue weighted by atomic mass is 32.2. The number of likely N-dealkylation sites (N-methyl/N-ethyl adjacent to an activating group) is 1. The lowest BCUT2D eigenvalue weighted by molar-refractivity contribution is -0.120. The highest BCUT2D eigenvalue weighted by Crippen LogP contribution is 2.43. The largest absolute Gasteiger partial charge is 0.387 e. The van der Waals surface area contributed by atoms with Gasteiger partial charge in [-0.3, -0.25) is 4.79 Å². The molecule has 126 valence electrons. The van der Waals surface area contributed by atoms with Crippen LogP contribution in [-0.4, -0.2) is 48.3 Å². The standard InChI is InChI=1S/C19H22N2O2S/c1-20(2)12-13-21-15-10-6-7-11-16(15)24-18(19(21)23)17(22)14-8-4-3-5-9-14/h3-11,17-18,22H,12-13H2,1-2H3. The third kappa shape index (κ3) is 3.48. The van der Waals surface area contributed by atoms with Gasteiger partial charge in [0, 0.05) is 18.0 Å². The van der Waals surface area contributed by atoms with Gasteiger partial charge in [-0.25, -0.2) is 0 Å². The predicted molar refractivity (Wildman–Crippen MR) is 98.4 cm³/mol. The van der Waals surface area contributed by atoms with Gasteiger partial charge in [-0.1, -0.05) is 42.5 Å². The van der Waals surface area contributed by atoms with Gasteiger partial charge in [0.15, 0.2) is 0 Å². The van der Waals surface area contributed by atoms with Crippen molar-refractivity contribution in [1.82, 2.24) is 4.90 Å². The Balaban J connectivity index is 1.91. The number of para-hydroxylation sites is 1. The quantitative estimate of drug-likeness (QED) is 0.907. The molecule has 0 bridgehead atoms. The van der Waals surface area contributed by atoms with Gasteiger partial charge in [0.25, 0.3) is 0 Å². The fourth-order valence-corrected chi connectivity index (χ4v) is 4.04. The maximum atomic E-state index is 13.0. The molecule has 0 radical (unpaired) electrons. The van der Waals surface area contributed by atoms with Crippen LogP contribution in [0.5, 0.6) is 0 Å². The van der Waals surface area contributed by atoms with E-state index in [0.717, 1.165) is 22.7 Å². The molecule has 5 heteroatoms. The monoisotopic (exact) mass is 342 g/mol. The Labute approximate surface area is 147 Å². The van der Waals surface area contributed by atoms with Crippen LogP contribution in [0, 0.1) is 0 Å². The van der Waals surface area contributed by atoms with Crippen LogP contribution in [0.2, 0.25) is 0 Å². The van der Waals surface area contributed by atoms with Crippen molar-refractivity contribution in [2.75, 3.05) is 32.1 Å². The van der Waals surface area contributed by atoms with Crippen LogP contribution >= 0.6 is 11.8 Å². The number of fused-ring (bicyclic) bond motifs is 1. The van der Waals surface area contributed by atoms with Crippen LogP contribution in [0.1, 0.15) is 11.7 Å². The number of hydrogen-bond acceptors (Lipinski definition) is 4. The molecule has 0 spiro atoms. The first-order chi connectivity index (χ1) is 11.6. The molecule has 2 atom stereocenters. The van der Waals surface area contributed by atoms with E-state index in [1.165, 1.54) is 11.8 Å². The minimum atomic E-state index is -0.820. The minimum Gasteiger partial charge on any atom is -0.387 e. The van der Waals surface area contributed by atoms with E-state index in [9.17, 15) is 9.90 Å². The van der Waals surface area contributed by atoms with Gasteiger partial charge in [0.05, 0.1) is 5.69 Å². The number of rotatable bonds is 5. The van der Waals surface area contributed by atoms with E-state index in [0.29, 0.717) is 6.54 Å². The molecule has 0 aromatic heterocycles. The van der Waals surface area contributed by atoms with Crippen molar-refractivity contribution in [3.05, 3.63) is 60.2 Å². The number of benzene rings is 2. The van der Waals surface area contributed by atoms with Crippen LogP contribution in [-0.2, 0) is 4.79 Å². The molecular formula is C19H22N2O2S. The average molecular weight is 342 g/mol. The Kier molecular flexibility index (Phi) is 5.23. The number of aliphatic hydroxyl groups excluding tert-OH is 1. The fourth-order valence-electron chi connectivity index (χ4n) is 2.79. The Morgan fingerprint density at radius 1 is 1.12 bits per heavy atom. The van der Waals surface area contributed by atoms with Crippen molar-refractivity contribution in [2.24, 2.45) is 0 Å². The highest BCUT2D eigenvalue weighted by molar-refractivity contribution is 8.01. The van der Waals surface area contributed by atoms with E-state index >= 15 is 0 Å². The molecule has 3 rings (SSSR count). The van der Waals surface area contributed by atoms with E-state index in [1.807, 2.05) is 73.6 Å². The summed E-state index contributed by atoms with van der Waals surface area (Å²) in [6.07, 6.45) is -0.820. The van der Waals surface area contributed by atoms with Crippen LogP contribution in [0.3, 0.4) is 0 Å². The van der Waals surface area contributed by atoms with Gasteiger partial charge in [-0.2, -0.15) is 0 Å². The van der Waals surface area contributed by atoms with Crippen molar-refractivity contribution in [1.29, 1.82) is 0 Å². The van der Waals surface area contributed by atoms with Crippen molar-refractivity contribution in [3.63, 3.8) is 0 Å². The Morgan fingerprint density at radius 2 is 1.79 bits per heavy atom. The van der Waals surface area contributed by atoms with Crippen molar-refractivity contribution >= 4 is 23.4 Å². The molecule has 1 aliphatic heterocycles.